The van der Waals surface area contributed by atoms with E-state index in [4.69, 9.17) is 4.74 Å². The first kappa shape index (κ1) is 29.6. The van der Waals surface area contributed by atoms with Crippen molar-refractivity contribution < 1.29 is 23.9 Å². The predicted molar refractivity (Wildman–Crippen MR) is 126 cm³/mol. The summed E-state index contributed by atoms with van der Waals surface area (Å²) in [6.45, 7) is 5.76. The molecule has 0 heterocycles. The lowest BCUT2D eigenvalue weighted by molar-refractivity contribution is -0.147. The lowest BCUT2D eigenvalue weighted by Crippen LogP contribution is -2.39. The second-order valence-corrected chi connectivity index (χ2v) is 10.7. The van der Waals surface area contributed by atoms with Gasteiger partial charge < -0.3 is 14.5 Å². The SMILES string of the molecule is CCCCCCCCCCCCCCCCCCOC(=O)C(CC)(CC)P(=O)(O)O. The highest BCUT2D eigenvalue weighted by Gasteiger charge is 2.51. The van der Waals surface area contributed by atoms with Gasteiger partial charge in [-0.3, -0.25) is 9.36 Å². The monoisotopic (exact) mass is 448 g/mol. The molecule has 0 amide bonds. The molecule has 30 heavy (non-hydrogen) atoms. The fraction of sp³-hybridized carbons (Fsp3) is 0.958. The third-order valence-corrected chi connectivity index (χ3v) is 8.27. The van der Waals surface area contributed by atoms with Crippen molar-refractivity contribution in [2.45, 2.75) is 142 Å². The highest BCUT2D eigenvalue weighted by molar-refractivity contribution is 7.54. The van der Waals surface area contributed by atoms with Gasteiger partial charge in [0.25, 0.3) is 0 Å². The number of hydrogen-bond acceptors (Lipinski definition) is 3. The Hall–Kier alpha value is -0.380. The summed E-state index contributed by atoms with van der Waals surface area (Å²) in [5.41, 5.74) is 0. The van der Waals surface area contributed by atoms with Crippen LogP contribution < -0.4 is 0 Å². The standard InChI is InChI=1S/C24H49O5P/c1-4-7-8-9-10-11-12-13-14-15-16-17-18-19-20-21-22-29-23(25)24(5-2,6-3)30(26,27)28/h4-22H2,1-3H3,(H2,26,27,28). The van der Waals surface area contributed by atoms with Crippen molar-refractivity contribution in [3.05, 3.63) is 0 Å². The van der Waals surface area contributed by atoms with Crippen LogP contribution in [0, 0.1) is 0 Å². The van der Waals surface area contributed by atoms with Crippen molar-refractivity contribution in [2.75, 3.05) is 6.61 Å². The van der Waals surface area contributed by atoms with Crippen LogP contribution in [0.2, 0.25) is 0 Å². The van der Waals surface area contributed by atoms with Gasteiger partial charge in [0.1, 0.15) is 0 Å². The van der Waals surface area contributed by atoms with Gasteiger partial charge >= 0.3 is 13.6 Å². The Morgan fingerprint density at radius 3 is 1.30 bits per heavy atom. The molecule has 0 aliphatic heterocycles. The van der Waals surface area contributed by atoms with Gasteiger partial charge in [-0.1, -0.05) is 117 Å². The molecule has 6 heteroatoms. The number of carbonyl (C=O) groups is 1. The van der Waals surface area contributed by atoms with Crippen LogP contribution in [-0.2, 0) is 14.1 Å². The maximum Gasteiger partial charge on any atom is 0.342 e. The van der Waals surface area contributed by atoms with E-state index in [2.05, 4.69) is 6.92 Å². The molecule has 5 nitrogen and oxygen atoms in total. The molecule has 0 aliphatic carbocycles. The summed E-state index contributed by atoms with van der Waals surface area (Å²) in [6, 6.07) is 0. The molecule has 0 aromatic rings. The van der Waals surface area contributed by atoms with Crippen LogP contribution in [0.25, 0.3) is 0 Å². The summed E-state index contributed by atoms with van der Waals surface area (Å²) < 4.78 is 16.9. The van der Waals surface area contributed by atoms with Crippen LogP contribution in [0.5, 0.6) is 0 Å². The molecule has 0 rings (SSSR count). The van der Waals surface area contributed by atoms with Crippen molar-refractivity contribution in [3.8, 4) is 0 Å². The second-order valence-electron chi connectivity index (χ2n) is 8.72. The minimum Gasteiger partial charge on any atom is -0.465 e. The highest BCUT2D eigenvalue weighted by Crippen LogP contribution is 2.55. The smallest absolute Gasteiger partial charge is 0.342 e. The van der Waals surface area contributed by atoms with Gasteiger partial charge in [0.05, 0.1) is 6.61 Å². The molecule has 0 aromatic carbocycles. The number of unbranched alkanes of at least 4 members (excludes halogenated alkanes) is 15. The number of carbonyl (C=O) groups excluding carboxylic acids is 1. The van der Waals surface area contributed by atoms with Gasteiger partial charge in [-0.2, -0.15) is 0 Å². The summed E-state index contributed by atoms with van der Waals surface area (Å²) >= 11 is 0. The fourth-order valence-corrected chi connectivity index (χ4v) is 5.15. The van der Waals surface area contributed by atoms with E-state index in [1.807, 2.05) is 0 Å². The van der Waals surface area contributed by atoms with E-state index in [0.717, 1.165) is 19.3 Å². The Labute approximate surface area is 185 Å². The molecule has 0 aliphatic rings. The summed E-state index contributed by atoms with van der Waals surface area (Å²) in [4.78, 5) is 31.3. The zero-order valence-electron chi connectivity index (χ0n) is 20.0. The first-order valence-corrected chi connectivity index (χ1v) is 14.2. The van der Waals surface area contributed by atoms with Gasteiger partial charge in [-0.25, -0.2) is 0 Å². The molecule has 2 N–H and O–H groups in total. The van der Waals surface area contributed by atoms with E-state index >= 15 is 0 Å². The Morgan fingerprint density at radius 1 is 0.667 bits per heavy atom. The van der Waals surface area contributed by atoms with Gasteiger partial charge in [0, 0.05) is 0 Å². The maximum atomic E-state index is 12.2. The molecule has 0 saturated heterocycles. The zero-order chi connectivity index (χ0) is 22.7. The average molecular weight is 449 g/mol. The van der Waals surface area contributed by atoms with Gasteiger partial charge in [0.15, 0.2) is 5.16 Å². The molecule has 0 spiro atoms. The van der Waals surface area contributed by atoms with E-state index < -0.39 is 18.7 Å². The summed E-state index contributed by atoms with van der Waals surface area (Å²) in [5, 5.41) is -1.68. The molecular weight excluding hydrogens is 399 g/mol. The lowest BCUT2D eigenvalue weighted by Gasteiger charge is -2.29. The van der Waals surface area contributed by atoms with Crippen molar-refractivity contribution in [1.82, 2.24) is 0 Å². The second kappa shape index (κ2) is 18.2. The fourth-order valence-electron chi connectivity index (χ4n) is 4.02. The molecule has 0 bridgehead atoms. The lowest BCUT2D eigenvalue weighted by atomic mass is 10.0. The van der Waals surface area contributed by atoms with Crippen LogP contribution in [0.3, 0.4) is 0 Å². The van der Waals surface area contributed by atoms with Crippen molar-refractivity contribution in [1.29, 1.82) is 0 Å². The minimum atomic E-state index is -4.53. The van der Waals surface area contributed by atoms with Crippen LogP contribution in [0.15, 0.2) is 0 Å². The normalized spacial score (nSPS) is 12.3. The van der Waals surface area contributed by atoms with E-state index in [0.29, 0.717) is 0 Å². The average Bonchev–Trinajstić information content (AvgIpc) is 2.70. The largest absolute Gasteiger partial charge is 0.465 e. The van der Waals surface area contributed by atoms with E-state index in [-0.39, 0.29) is 19.4 Å². The summed E-state index contributed by atoms with van der Waals surface area (Å²) in [6.07, 6.45) is 20.7. The Morgan fingerprint density at radius 2 is 1.00 bits per heavy atom. The Balaban J connectivity index is 3.54. The van der Waals surface area contributed by atoms with Crippen LogP contribution in [0.4, 0.5) is 0 Å². The topological polar surface area (TPSA) is 83.8 Å². The van der Waals surface area contributed by atoms with Crippen molar-refractivity contribution >= 4 is 13.6 Å². The maximum absolute atomic E-state index is 12.2. The van der Waals surface area contributed by atoms with Crippen molar-refractivity contribution in [3.63, 3.8) is 0 Å². The number of rotatable bonds is 21. The third-order valence-electron chi connectivity index (χ3n) is 6.34. The molecule has 0 fully saturated rings. The van der Waals surface area contributed by atoms with Crippen LogP contribution in [-0.4, -0.2) is 27.5 Å². The van der Waals surface area contributed by atoms with E-state index in [9.17, 15) is 19.1 Å². The van der Waals surface area contributed by atoms with Crippen LogP contribution >= 0.6 is 7.60 Å². The summed E-state index contributed by atoms with van der Waals surface area (Å²) in [5.74, 6) is -0.748. The molecular formula is C24H49O5P. The van der Waals surface area contributed by atoms with E-state index in [1.54, 1.807) is 13.8 Å². The molecule has 0 radical (unpaired) electrons. The third kappa shape index (κ3) is 12.5. The number of ether oxygens (including phenoxy) is 1. The Bertz CT molecular complexity index is 457. The van der Waals surface area contributed by atoms with E-state index in [1.165, 1.54) is 83.5 Å². The zero-order valence-corrected chi connectivity index (χ0v) is 20.9. The van der Waals surface area contributed by atoms with Gasteiger partial charge in [-0.15, -0.1) is 0 Å². The first-order valence-electron chi connectivity index (χ1n) is 12.6. The van der Waals surface area contributed by atoms with Gasteiger partial charge in [0.2, 0.25) is 0 Å². The minimum absolute atomic E-state index is 0.0889. The molecule has 0 saturated carbocycles. The summed E-state index contributed by atoms with van der Waals surface area (Å²) in [7, 11) is -4.53. The molecule has 0 unspecified atom stereocenters. The number of esters is 1. The van der Waals surface area contributed by atoms with Crippen molar-refractivity contribution in [2.24, 2.45) is 0 Å². The predicted octanol–water partition coefficient (Wildman–Crippen LogP) is 7.53. The van der Waals surface area contributed by atoms with Crippen LogP contribution in [0.1, 0.15) is 136 Å². The highest BCUT2D eigenvalue weighted by atomic mass is 31.2. The molecule has 180 valence electrons. The molecule has 0 aromatic heterocycles. The number of hydrogen-bond donors (Lipinski definition) is 2. The van der Waals surface area contributed by atoms with Gasteiger partial charge in [-0.05, 0) is 19.3 Å². The Kier molecular flexibility index (Phi) is 18.0. The quantitative estimate of drug-likeness (QED) is 0.108. The first-order chi connectivity index (χ1) is 14.4. The molecule has 0 atom stereocenters.